The Bertz CT molecular complexity index is 689. The number of alkyl halides is 3. The fraction of sp³-hybridized carbons (Fsp3) is 0.278. The molecule has 1 N–H and O–H groups in total. The Balaban J connectivity index is 1.83. The monoisotopic (exact) mass is 353 g/mol. The number of nitrogens with one attached hydrogen (secondary N) is 1. The highest BCUT2D eigenvalue weighted by Gasteiger charge is 2.31. The minimum absolute atomic E-state index is 0.0802. The van der Waals surface area contributed by atoms with E-state index in [-0.39, 0.29) is 18.2 Å². The minimum atomic E-state index is -4.80. The summed E-state index contributed by atoms with van der Waals surface area (Å²) in [5.41, 5.74) is 1.09. The van der Waals surface area contributed by atoms with E-state index in [1.165, 1.54) is 12.1 Å². The molecular weight excluding hydrogens is 335 g/mol. The van der Waals surface area contributed by atoms with E-state index in [4.69, 9.17) is 4.74 Å². The van der Waals surface area contributed by atoms with Crippen LogP contribution in [0.15, 0.2) is 54.6 Å². The molecule has 1 atom stereocenters. The largest absolute Gasteiger partial charge is 0.573 e. The fourth-order valence-electron chi connectivity index (χ4n) is 2.11. The molecule has 0 aliphatic carbocycles. The van der Waals surface area contributed by atoms with Crippen molar-refractivity contribution in [3.63, 3.8) is 0 Å². The Hall–Kier alpha value is -2.54. The van der Waals surface area contributed by atoms with Crippen LogP contribution in [-0.4, -0.2) is 24.9 Å². The van der Waals surface area contributed by atoms with Gasteiger partial charge in [-0.25, -0.2) is 0 Å². The molecule has 2 rings (SSSR count). The molecular formula is C18H18F3NO3. The van der Waals surface area contributed by atoms with Crippen molar-refractivity contribution in [3.8, 4) is 5.75 Å². The lowest BCUT2D eigenvalue weighted by molar-refractivity contribution is -0.274. The molecule has 134 valence electrons. The second-order valence-electron chi connectivity index (χ2n) is 5.45. The average molecular weight is 353 g/mol. The van der Waals surface area contributed by atoms with Crippen molar-refractivity contribution in [2.24, 2.45) is 0 Å². The van der Waals surface area contributed by atoms with Gasteiger partial charge in [0.25, 0.3) is 5.91 Å². The normalized spacial score (nSPS) is 12.5. The zero-order valence-corrected chi connectivity index (χ0v) is 13.5. The molecule has 0 saturated carbocycles. The van der Waals surface area contributed by atoms with E-state index in [1.807, 2.05) is 30.3 Å². The van der Waals surface area contributed by atoms with Crippen LogP contribution in [0.1, 0.15) is 22.8 Å². The standard InChI is InChI=1S/C18H18F3NO3/c1-13(11-24-12-14-6-3-2-4-7-14)22-17(23)15-8-5-9-16(10-15)25-18(19,20)21/h2-10,13H,11-12H2,1H3,(H,22,23). The van der Waals surface area contributed by atoms with Crippen LogP contribution in [-0.2, 0) is 11.3 Å². The number of carbonyl (C=O) groups excluding carboxylic acids is 1. The van der Waals surface area contributed by atoms with E-state index < -0.39 is 18.0 Å². The van der Waals surface area contributed by atoms with Crippen LogP contribution in [0.25, 0.3) is 0 Å². The maximum Gasteiger partial charge on any atom is 0.573 e. The first kappa shape index (κ1) is 18.8. The molecule has 0 fully saturated rings. The summed E-state index contributed by atoms with van der Waals surface area (Å²) >= 11 is 0. The summed E-state index contributed by atoms with van der Waals surface area (Å²) in [6, 6.07) is 14.2. The van der Waals surface area contributed by atoms with Crippen LogP contribution >= 0.6 is 0 Å². The van der Waals surface area contributed by atoms with Crippen molar-refractivity contribution in [1.29, 1.82) is 0 Å². The third-order valence-electron chi connectivity index (χ3n) is 3.19. The Morgan fingerprint density at radius 2 is 1.84 bits per heavy atom. The van der Waals surface area contributed by atoms with E-state index in [0.29, 0.717) is 6.61 Å². The molecule has 2 aromatic rings. The maximum absolute atomic E-state index is 12.2. The van der Waals surface area contributed by atoms with Crippen LogP contribution in [0.2, 0.25) is 0 Å². The summed E-state index contributed by atoms with van der Waals surface area (Å²) in [6.45, 7) is 2.44. The van der Waals surface area contributed by atoms with Crippen molar-refractivity contribution in [2.45, 2.75) is 25.9 Å². The molecule has 0 aromatic heterocycles. The van der Waals surface area contributed by atoms with E-state index >= 15 is 0 Å². The third kappa shape index (κ3) is 6.84. The number of benzene rings is 2. The zero-order chi connectivity index (χ0) is 18.3. The molecule has 0 aliphatic heterocycles. The summed E-state index contributed by atoms with van der Waals surface area (Å²) in [5, 5.41) is 2.67. The fourth-order valence-corrected chi connectivity index (χ4v) is 2.11. The molecule has 0 radical (unpaired) electrons. The highest BCUT2D eigenvalue weighted by atomic mass is 19.4. The maximum atomic E-state index is 12.2. The number of ether oxygens (including phenoxy) is 2. The summed E-state index contributed by atoms with van der Waals surface area (Å²) in [6.07, 6.45) is -4.80. The predicted molar refractivity (Wildman–Crippen MR) is 86.2 cm³/mol. The van der Waals surface area contributed by atoms with E-state index in [0.717, 1.165) is 17.7 Å². The van der Waals surface area contributed by atoms with E-state index in [2.05, 4.69) is 10.1 Å². The topological polar surface area (TPSA) is 47.6 Å². The van der Waals surface area contributed by atoms with Gasteiger partial charge in [-0.15, -0.1) is 13.2 Å². The molecule has 4 nitrogen and oxygen atoms in total. The molecule has 1 unspecified atom stereocenters. The van der Waals surface area contributed by atoms with Gasteiger partial charge in [0.15, 0.2) is 0 Å². The van der Waals surface area contributed by atoms with Gasteiger partial charge in [-0.1, -0.05) is 36.4 Å². The zero-order valence-electron chi connectivity index (χ0n) is 13.5. The molecule has 0 aliphatic rings. The van der Waals surface area contributed by atoms with Gasteiger partial charge in [0.2, 0.25) is 0 Å². The van der Waals surface area contributed by atoms with Crippen molar-refractivity contribution in [1.82, 2.24) is 5.32 Å². The SMILES string of the molecule is CC(COCc1ccccc1)NC(=O)c1cccc(OC(F)(F)F)c1. The smallest absolute Gasteiger partial charge is 0.406 e. The minimum Gasteiger partial charge on any atom is -0.406 e. The Labute approximate surface area is 143 Å². The Kier molecular flexibility index (Phi) is 6.41. The van der Waals surface area contributed by atoms with Gasteiger partial charge >= 0.3 is 6.36 Å². The highest BCUT2D eigenvalue weighted by molar-refractivity contribution is 5.94. The molecule has 1 amide bonds. The molecule has 0 bridgehead atoms. The first-order valence-corrected chi connectivity index (χ1v) is 7.62. The number of amides is 1. The van der Waals surface area contributed by atoms with E-state index in [9.17, 15) is 18.0 Å². The number of rotatable bonds is 7. The molecule has 0 spiro atoms. The Morgan fingerprint density at radius 1 is 1.12 bits per heavy atom. The Morgan fingerprint density at radius 3 is 2.52 bits per heavy atom. The van der Waals surface area contributed by atoms with E-state index in [1.54, 1.807) is 6.92 Å². The average Bonchev–Trinajstić information content (AvgIpc) is 2.54. The lowest BCUT2D eigenvalue weighted by Gasteiger charge is -2.15. The summed E-state index contributed by atoms with van der Waals surface area (Å²) in [4.78, 5) is 12.1. The predicted octanol–water partition coefficient (Wildman–Crippen LogP) is 3.92. The van der Waals surface area contributed by atoms with Gasteiger partial charge in [0, 0.05) is 11.6 Å². The van der Waals surface area contributed by atoms with Gasteiger partial charge in [-0.3, -0.25) is 4.79 Å². The molecule has 2 aromatic carbocycles. The van der Waals surface area contributed by atoms with Crippen molar-refractivity contribution in [2.75, 3.05) is 6.61 Å². The summed E-state index contributed by atoms with van der Waals surface area (Å²) < 4.78 is 46.0. The van der Waals surface area contributed by atoms with Crippen LogP contribution < -0.4 is 10.1 Å². The van der Waals surface area contributed by atoms with Crippen molar-refractivity contribution < 1.29 is 27.4 Å². The van der Waals surface area contributed by atoms with Gasteiger partial charge in [-0.05, 0) is 30.7 Å². The number of hydrogen-bond donors (Lipinski definition) is 1. The lowest BCUT2D eigenvalue weighted by atomic mass is 10.2. The second kappa shape index (κ2) is 8.53. The third-order valence-corrected chi connectivity index (χ3v) is 3.19. The van der Waals surface area contributed by atoms with Crippen molar-refractivity contribution >= 4 is 5.91 Å². The van der Waals surface area contributed by atoms with Crippen LogP contribution in [0, 0.1) is 0 Å². The quantitative estimate of drug-likeness (QED) is 0.821. The number of carbonyl (C=O) groups is 1. The van der Waals surface area contributed by atoms with Crippen molar-refractivity contribution in [3.05, 3.63) is 65.7 Å². The van der Waals surface area contributed by atoms with Crippen LogP contribution in [0.3, 0.4) is 0 Å². The molecule has 0 heterocycles. The van der Waals surface area contributed by atoms with Crippen LogP contribution in [0.4, 0.5) is 13.2 Å². The van der Waals surface area contributed by atoms with Gasteiger partial charge in [0.05, 0.1) is 13.2 Å². The highest BCUT2D eigenvalue weighted by Crippen LogP contribution is 2.23. The molecule has 7 heteroatoms. The first-order valence-electron chi connectivity index (χ1n) is 7.62. The van der Waals surface area contributed by atoms with Crippen LogP contribution in [0.5, 0.6) is 5.75 Å². The molecule has 25 heavy (non-hydrogen) atoms. The lowest BCUT2D eigenvalue weighted by Crippen LogP contribution is -2.35. The van der Waals surface area contributed by atoms with Gasteiger partial charge < -0.3 is 14.8 Å². The number of halogens is 3. The number of hydrogen-bond acceptors (Lipinski definition) is 3. The summed E-state index contributed by atoms with van der Waals surface area (Å²) in [5.74, 6) is -0.934. The first-order chi connectivity index (χ1) is 11.8. The van der Waals surface area contributed by atoms with Gasteiger partial charge in [0.1, 0.15) is 5.75 Å². The van der Waals surface area contributed by atoms with Gasteiger partial charge in [-0.2, -0.15) is 0 Å². The summed E-state index contributed by atoms with van der Waals surface area (Å²) in [7, 11) is 0. The second-order valence-corrected chi connectivity index (χ2v) is 5.45. The molecule has 0 saturated heterocycles.